The molecule has 0 aliphatic carbocycles. The van der Waals surface area contributed by atoms with E-state index in [9.17, 15) is 13.2 Å². The Kier molecular flexibility index (Phi) is 3.69. The van der Waals surface area contributed by atoms with Crippen LogP contribution in [0, 0.1) is 6.92 Å². The Morgan fingerprint density at radius 2 is 1.80 bits per heavy atom. The van der Waals surface area contributed by atoms with E-state index in [4.69, 9.17) is 21.1 Å². The predicted octanol–water partition coefficient (Wildman–Crippen LogP) is 4.23. The van der Waals surface area contributed by atoms with Crippen LogP contribution in [0.3, 0.4) is 0 Å². The maximum atomic E-state index is 13.0. The van der Waals surface area contributed by atoms with Crippen LogP contribution < -0.4 is 9.47 Å². The van der Waals surface area contributed by atoms with Gasteiger partial charge in [-0.2, -0.15) is 13.2 Å². The van der Waals surface area contributed by atoms with Gasteiger partial charge in [-0.1, -0.05) is 11.6 Å². The van der Waals surface area contributed by atoms with Crippen LogP contribution in [0.1, 0.15) is 11.3 Å². The summed E-state index contributed by atoms with van der Waals surface area (Å²) in [5, 5.41) is 0.341. The molecule has 0 amide bonds. The van der Waals surface area contributed by atoms with Crippen molar-refractivity contribution in [1.29, 1.82) is 0 Å². The molecule has 2 aromatic rings. The molecule has 0 saturated carbocycles. The highest BCUT2D eigenvalue weighted by atomic mass is 35.5. The largest absolute Gasteiger partial charge is 0.497 e. The third-order valence-electron chi connectivity index (χ3n) is 2.92. The number of alkyl halides is 3. The Hall–Kier alpha value is -1.69. The van der Waals surface area contributed by atoms with Gasteiger partial charge in [0.05, 0.1) is 19.2 Å². The van der Waals surface area contributed by atoms with Crippen LogP contribution in [0.4, 0.5) is 13.2 Å². The van der Waals surface area contributed by atoms with Gasteiger partial charge >= 0.3 is 6.18 Å². The lowest BCUT2D eigenvalue weighted by atomic mass is 10.1. The lowest BCUT2D eigenvalue weighted by Gasteiger charge is -2.15. The fraction of sp³-hybridized carbons (Fsp3) is 0.308. The number of ether oxygens (including phenoxy) is 2. The molecule has 0 aliphatic rings. The van der Waals surface area contributed by atoms with Crippen molar-refractivity contribution in [2.75, 3.05) is 14.2 Å². The van der Waals surface area contributed by atoms with Gasteiger partial charge in [0, 0.05) is 11.5 Å². The average Bonchev–Trinajstić information content (AvgIpc) is 2.40. The molecule has 0 fully saturated rings. The van der Waals surface area contributed by atoms with Crippen molar-refractivity contribution in [3.05, 3.63) is 28.4 Å². The standard InChI is InChI=1S/C13H11ClF3NO2/c1-6-10(14)8-4-7(19-2)5-9(20-3)11(8)18-12(6)13(15,16)17/h4-5H,1-3H3. The number of benzene rings is 1. The summed E-state index contributed by atoms with van der Waals surface area (Å²) >= 11 is 6.04. The molecule has 0 bridgehead atoms. The number of halogens is 4. The number of hydrogen-bond acceptors (Lipinski definition) is 3. The van der Waals surface area contributed by atoms with E-state index in [-0.39, 0.29) is 21.9 Å². The molecule has 0 aliphatic heterocycles. The molecule has 1 heterocycles. The highest BCUT2D eigenvalue weighted by Crippen LogP contribution is 2.40. The van der Waals surface area contributed by atoms with Gasteiger partial charge in [-0.3, -0.25) is 0 Å². The molecule has 0 spiro atoms. The van der Waals surface area contributed by atoms with Gasteiger partial charge in [-0.25, -0.2) is 4.98 Å². The molecule has 1 aromatic carbocycles. The zero-order chi connectivity index (χ0) is 15.1. The number of pyridine rings is 1. The van der Waals surface area contributed by atoms with E-state index >= 15 is 0 Å². The Balaban J connectivity index is 2.90. The Morgan fingerprint density at radius 3 is 2.30 bits per heavy atom. The predicted molar refractivity (Wildman–Crippen MR) is 69.6 cm³/mol. The lowest BCUT2D eigenvalue weighted by Crippen LogP contribution is -2.11. The summed E-state index contributed by atoms with van der Waals surface area (Å²) in [5.41, 5.74) is -1.09. The number of hydrogen-bond donors (Lipinski definition) is 0. The molecule has 108 valence electrons. The second kappa shape index (κ2) is 5.01. The fourth-order valence-electron chi connectivity index (χ4n) is 1.92. The van der Waals surface area contributed by atoms with E-state index in [1.165, 1.54) is 33.3 Å². The maximum absolute atomic E-state index is 13.0. The number of rotatable bonds is 2. The monoisotopic (exact) mass is 305 g/mol. The number of nitrogens with zero attached hydrogens (tertiary/aromatic N) is 1. The molecule has 1 aromatic heterocycles. The van der Waals surface area contributed by atoms with Gasteiger partial charge in [0.1, 0.15) is 22.7 Å². The first-order chi connectivity index (χ1) is 9.29. The zero-order valence-corrected chi connectivity index (χ0v) is 11.7. The Bertz CT molecular complexity index is 671. The first kappa shape index (κ1) is 14.7. The normalized spacial score (nSPS) is 11.8. The SMILES string of the molecule is COc1cc(OC)c2nc(C(F)(F)F)c(C)c(Cl)c2c1. The van der Waals surface area contributed by atoms with Crippen molar-refractivity contribution in [2.24, 2.45) is 0 Å². The van der Waals surface area contributed by atoms with Gasteiger partial charge in [0.2, 0.25) is 0 Å². The molecule has 7 heteroatoms. The fourth-order valence-corrected chi connectivity index (χ4v) is 2.15. The quantitative estimate of drug-likeness (QED) is 0.832. The van der Waals surface area contributed by atoms with E-state index in [1.807, 2.05) is 0 Å². The molecular formula is C13H11ClF3NO2. The van der Waals surface area contributed by atoms with E-state index in [0.29, 0.717) is 11.1 Å². The van der Waals surface area contributed by atoms with E-state index < -0.39 is 11.9 Å². The lowest BCUT2D eigenvalue weighted by molar-refractivity contribution is -0.141. The summed E-state index contributed by atoms with van der Waals surface area (Å²) in [6, 6.07) is 2.99. The van der Waals surface area contributed by atoms with Crippen molar-refractivity contribution in [1.82, 2.24) is 4.98 Å². The van der Waals surface area contributed by atoms with Crippen molar-refractivity contribution in [2.45, 2.75) is 13.1 Å². The number of fused-ring (bicyclic) bond motifs is 1. The van der Waals surface area contributed by atoms with Crippen molar-refractivity contribution < 1.29 is 22.6 Å². The number of methoxy groups -OCH3 is 2. The zero-order valence-electron chi connectivity index (χ0n) is 10.9. The van der Waals surface area contributed by atoms with E-state index in [1.54, 1.807) is 0 Å². The van der Waals surface area contributed by atoms with Crippen molar-refractivity contribution in [3.8, 4) is 11.5 Å². The van der Waals surface area contributed by atoms with Gasteiger partial charge in [-0.15, -0.1) is 0 Å². The van der Waals surface area contributed by atoms with Crippen LogP contribution in [0.15, 0.2) is 12.1 Å². The van der Waals surface area contributed by atoms with Crippen molar-refractivity contribution in [3.63, 3.8) is 0 Å². The Labute approximate surface area is 118 Å². The second-order valence-corrected chi connectivity index (χ2v) is 4.50. The van der Waals surface area contributed by atoms with Gasteiger partial charge in [-0.05, 0) is 18.6 Å². The first-order valence-corrected chi connectivity index (χ1v) is 5.96. The maximum Gasteiger partial charge on any atom is 0.433 e. The third-order valence-corrected chi connectivity index (χ3v) is 3.40. The van der Waals surface area contributed by atoms with Crippen LogP contribution in [0.25, 0.3) is 10.9 Å². The topological polar surface area (TPSA) is 31.4 Å². The molecule has 0 atom stereocenters. The smallest absolute Gasteiger partial charge is 0.433 e. The van der Waals surface area contributed by atoms with Gasteiger partial charge in [0.15, 0.2) is 0 Å². The minimum absolute atomic E-state index is 0.0143. The molecule has 0 N–H and O–H groups in total. The molecule has 0 radical (unpaired) electrons. The van der Waals surface area contributed by atoms with Gasteiger partial charge in [0.25, 0.3) is 0 Å². The highest BCUT2D eigenvalue weighted by molar-refractivity contribution is 6.36. The molecule has 2 rings (SSSR count). The summed E-state index contributed by atoms with van der Waals surface area (Å²) in [7, 11) is 2.79. The highest BCUT2D eigenvalue weighted by Gasteiger charge is 2.36. The van der Waals surface area contributed by atoms with Crippen LogP contribution >= 0.6 is 11.6 Å². The minimum atomic E-state index is -4.58. The Morgan fingerprint density at radius 1 is 1.15 bits per heavy atom. The summed E-state index contributed by atoms with van der Waals surface area (Å²) in [5.74, 6) is 0.601. The van der Waals surface area contributed by atoms with Crippen LogP contribution in [0.2, 0.25) is 5.02 Å². The molecule has 20 heavy (non-hydrogen) atoms. The summed E-state index contributed by atoms with van der Waals surface area (Å²) in [6.07, 6.45) is -4.58. The summed E-state index contributed by atoms with van der Waals surface area (Å²) < 4.78 is 49.0. The third kappa shape index (κ3) is 2.35. The van der Waals surface area contributed by atoms with Gasteiger partial charge < -0.3 is 9.47 Å². The number of aromatic nitrogens is 1. The van der Waals surface area contributed by atoms with Crippen LogP contribution in [-0.4, -0.2) is 19.2 Å². The van der Waals surface area contributed by atoms with Crippen LogP contribution in [0.5, 0.6) is 11.5 Å². The molecule has 3 nitrogen and oxygen atoms in total. The van der Waals surface area contributed by atoms with Crippen LogP contribution in [-0.2, 0) is 6.18 Å². The molecule has 0 unspecified atom stereocenters. The second-order valence-electron chi connectivity index (χ2n) is 4.12. The summed E-state index contributed by atoms with van der Waals surface area (Å²) in [4.78, 5) is 3.66. The van der Waals surface area contributed by atoms with E-state index in [0.717, 1.165) is 0 Å². The van der Waals surface area contributed by atoms with Crippen molar-refractivity contribution >= 4 is 22.5 Å². The minimum Gasteiger partial charge on any atom is -0.497 e. The summed E-state index contributed by atoms with van der Waals surface area (Å²) in [6.45, 7) is 1.28. The molecule has 0 saturated heterocycles. The molecular weight excluding hydrogens is 295 g/mol. The van der Waals surface area contributed by atoms with E-state index in [2.05, 4.69) is 4.98 Å². The average molecular weight is 306 g/mol. The first-order valence-electron chi connectivity index (χ1n) is 5.58.